The Labute approximate surface area is 186 Å². The van der Waals surface area contributed by atoms with Crippen molar-refractivity contribution in [3.63, 3.8) is 0 Å². The van der Waals surface area contributed by atoms with Gasteiger partial charge < -0.3 is 15.0 Å². The fourth-order valence-electron chi connectivity index (χ4n) is 5.28. The first-order valence-corrected chi connectivity index (χ1v) is 12.1. The first-order valence-electron chi connectivity index (χ1n) is 12.1. The molecule has 1 saturated heterocycles. The van der Waals surface area contributed by atoms with E-state index in [9.17, 15) is 9.59 Å². The molecule has 2 amide bonds. The number of nitrogens with zero attached hydrogens (tertiary/aromatic N) is 2. The quantitative estimate of drug-likeness (QED) is 0.785. The molecule has 0 radical (unpaired) electrons. The third-order valence-corrected chi connectivity index (χ3v) is 7.30. The number of nitrogens with one attached hydrogen (secondary N) is 1. The van der Waals surface area contributed by atoms with Crippen molar-refractivity contribution in [3.05, 3.63) is 35.4 Å². The van der Waals surface area contributed by atoms with E-state index in [1.165, 1.54) is 32.1 Å². The SMILES string of the molecule is C[C@]1(C(=O)NC2CCCCCCC2)Cc2ccccc2C(=O)N1CCN1CCOCC1. The molecule has 1 saturated carbocycles. The Kier molecular flexibility index (Phi) is 7.28. The lowest BCUT2D eigenvalue weighted by Crippen LogP contribution is -2.64. The minimum Gasteiger partial charge on any atom is -0.379 e. The lowest BCUT2D eigenvalue weighted by atomic mass is 9.82. The van der Waals surface area contributed by atoms with E-state index in [2.05, 4.69) is 10.2 Å². The van der Waals surface area contributed by atoms with E-state index in [0.29, 0.717) is 13.0 Å². The minimum atomic E-state index is -0.861. The molecule has 2 fully saturated rings. The van der Waals surface area contributed by atoms with Crippen LogP contribution in [0.25, 0.3) is 0 Å². The molecule has 2 aliphatic heterocycles. The molecule has 0 aromatic heterocycles. The summed E-state index contributed by atoms with van der Waals surface area (Å²) in [7, 11) is 0. The first-order chi connectivity index (χ1) is 15.1. The Bertz CT molecular complexity index is 769. The highest BCUT2D eigenvalue weighted by molar-refractivity contribution is 6.02. The van der Waals surface area contributed by atoms with Crippen LogP contribution in [0.5, 0.6) is 0 Å². The van der Waals surface area contributed by atoms with Gasteiger partial charge in [0.1, 0.15) is 5.54 Å². The van der Waals surface area contributed by atoms with Crippen molar-refractivity contribution in [2.45, 2.75) is 69.9 Å². The molecule has 0 spiro atoms. The number of amides is 2. The molecule has 4 rings (SSSR count). The predicted molar refractivity (Wildman–Crippen MR) is 121 cm³/mol. The van der Waals surface area contributed by atoms with Crippen molar-refractivity contribution in [1.82, 2.24) is 15.1 Å². The van der Waals surface area contributed by atoms with Gasteiger partial charge in [-0.3, -0.25) is 14.5 Å². The van der Waals surface area contributed by atoms with Gasteiger partial charge in [0.25, 0.3) is 5.91 Å². The molecule has 31 heavy (non-hydrogen) atoms. The van der Waals surface area contributed by atoms with Crippen LogP contribution in [-0.2, 0) is 16.0 Å². The van der Waals surface area contributed by atoms with Crippen LogP contribution in [0.15, 0.2) is 24.3 Å². The predicted octanol–water partition coefficient (Wildman–Crippen LogP) is 3.00. The molecule has 1 N–H and O–H groups in total. The zero-order valence-corrected chi connectivity index (χ0v) is 18.9. The molecule has 1 aromatic carbocycles. The first kappa shape index (κ1) is 22.3. The summed E-state index contributed by atoms with van der Waals surface area (Å²) in [6, 6.07) is 7.98. The fraction of sp³-hybridized carbons (Fsp3) is 0.680. The van der Waals surface area contributed by atoms with Gasteiger partial charge in [0.2, 0.25) is 5.91 Å². The van der Waals surface area contributed by atoms with Crippen LogP contribution in [-0.4, -0.2) is 72.6 Å². The van der Waals surface area contributed by atoms with Crippen LogP contribution in [0, 0.1) is 0 Å². The van der Waals surface area contributed by atoms with Crippen molar-refractivity contribution in [1.29, 1.82) is 0 Å². The van der Waals surface area contributed by atoms with Crippen LogP contribution in [0.4, 0.5) is 0 Å². The molecule has 2 heterocycles. The molecule has 1 aliphatic carbocycles. The van der Waals surface area contributed by atoms with Crippen LogP contribution in [0.2, 0.25) is 0 Å². The van der Waals surface area contributed by atoms with Crippen molar-refractivity contribution >= 4 is 11.8 Å². The topological polar surface area (TPSA) is 61.9 Å². The second-order valence-electron chi connectivity index (χ2n) is 9.53. The largest absolute Gasteiger partial charge is 0.379 e. The number of carbonyl (C=O) groups is 2. The average Bonchev–Trinajstić information content (AvgIpc) is 2.76. The highest BCUT2D eigenvalue weighted by atomic mass is 16.5. The van der Waals surface area contributed by atoms with E-state index in [-0.39, 0.29) is 17.9 Å². The molecule has 6 heteroatoms. The van der Waals surface area contributed by atoms with Crippen LogP contribution < -0.4 is 5.32 Å². The van der Waals surface area contributed by atoms with Crippen LogP contribution in [0.1, 0.15) is 67.8 Å². The average molecular weight is 428 g/mol. The number of fused-ring (bicyclic) bond motifs is 1. The molecule has 1 aromatic rings. The van der Waals surface area contributed by atoms with Gasteiger partial charge in [0.15, 0.2) is 0 Å². The Morgan fingerprint density at radius 3 is 2.48 bits per heavy atom. The third kappa shape index (κ3) is 5.12. The third-order valence-electron chi connectivity index (χ3n) is 7.30. The van der Waals surface area contributed by atoms with Gasteiger partial charge in [-0.2, -0.15) is 0 Å². The van der Waals surface area contributed by atoms with Crippen LogP contribution in [0.3, 0.4) is 0 Å². The molecule has 170 valence electrons. The second kappa shape index (κ2) is 10.1. The molecule has 3 aliphatic rings. The summed E-state index contributed by atoms with van der Waals surface area (Å²) in [6.45, 7) is 6.50. The number of benzene rings is 1. The maximum Gasteiger partial charge on any atom is 0.255 e. The monoisotopic (exact) mass is 427 g/mol. The van der Waals surface area contributed by atoms with Gasteiger partial charge in [0.05, 0.1) is 13.2 Å². The van der Waals surface area contributed by atoms with Crippen molar-refractivity contribution in [2.75, 3.05) is 39.4 Å². The summed E-state index contributed by atoms with van der Waals surface area (Å²) in [4.78, 5) is 31.3. The number of hydrogen-bond acceptors (Lipinski definition) is 4. The summed E-state index contributed by atoms with van der Waals surface area (Å²) >= 11 is 0. The van der Waals surface area contributed by atoms with Crippen molar-refractivity contribution in [2.24, 2.45) is 0 Å². The van der Waals surface area contributed by atoms with E-state index >= 15 is 0 Å². The number of carbonyl (C=O) groups excluding carboxylic acids is 2. The van der Waals surface area contributed by atoms with Gasteiger partial charge in [-0.15, -0.1) is 0 Å². The lowest BCUT2D eigenvalue weighted by molar-refractivity contribution is -0.132. The van der Waals surface area contributed by atoms with E-state index in [0.717, 1.165) is 56.8 Å². The molecule has 1 atom stereocenters. The van der Waals surface area contributed by atoms with Crippen molar-refractivity contribution in [3.8, 4) is 0 Å². The Balaban J connectivity index is 1.53. The van der Waals surface area contributed by atoms with E-state index in [1.807, 2.05) is 36.1 Å². The Morgan fingerprint density at radius 1 is 1.06 bits per heavy atom. The van der Waals surface area contributed by atoms with Crippen molar-refractivity contribution < 1.29 is 14.3 Å². The summed E-state index contributed by atoms with van der Waals surface area (Å²) in [5, 5.41) is 3.35. The zero-order chi connectivity index (χ0) is 21.7. The highest BCUT2D eigenvalue weighted by Gasteiger charge is 2.47. The fourth-order valence-corrected chi connectivity index (χ4v) is 5.28. The maximum absolute atomic E-state index is 13.7. The Morgan fingerprint density at radius 2 is 1.74 bits per heavy atom. The number of morpholine rings is 1. The smallest absolute Gasteiger partial charge is 0.255 e. The van der Waals surface area contributed by atoms with E-state index < -0.39 is 5.54 Å². The summed E-state index contributed by atoms with van der Waals surface area (Å²) in [5.74, 6) is -0.0201. The lowest BCUT2D eigenvalue weighted by Gasteiger charge is -2.45. The van der Waals surface area contributed by atoms with Gasteiger partial charge >= 0.3 is 0 Å². The molecular formula is C25H37N3O3. The van der Waals surface area contributed by atoms with E-state index in [4.69, 9.17) is 4.74 Å². The molecule has 6 nitrogen and oxygen atoms in total. The minimum absolute atomic E-state index is 0.00269. The highest BCUT2D eigenvalue weighted by Crippen LogP contribution is 2.32. The maximum atomic E-state index is 13.7. The van der Waals surface area contributed by atoms with Gasteiger partial charge in [-0.05, 0) is 31.4 Å². The molecule has 0 bridgehead atoms. The summed E-state index contributed by atoms with van der Waals surface area (Å²) in [6.07, 6.45) is 8.80. The van der Waals surface area contributed by atoms with Gasteiger partial charge in [0, 0.05) is 44.2 Å². The Hall–Kier alpha value is -1.92. The number of hydrogen-bond donors (Lipinski definition) is 1. The zero-order valence-electron chi connectivity index (χ0n) is 18.9. The number of ether oxygens (including phenoxy) is 1. The summed E-state index contributed by atoms with van der Waals surface area (Å²) in [5.41, 5.74) is 0.853. The van der Waals surface area contributed by atoms with Gasteiger partial charge in [-0.1, -0.05) is 50.3 Å². The van der Waals surface area contributed by atoms with Gasteiger partial charge in [-0.25, -0.2) is 0 Å². The molecule has 0 unspecified atom stereocenters. The standard InChI is InChI=1S/C25H37N3O3/c1-25(24(30)26-21-10-5-3-2-4-6-11-21)19-20-9-7-8-12-22(20)23(29)28(25)14-13-27-15-17-31-18-16-27/h7-9,12,21H,2-6,10-11,13-19H2,1H3,(H,26,30)/t25-/m1/s1. The van der Waals surface area contributed by atoms with E-state index in [1.54, 1.807) is 0 Å². The van der Waals surface area contributed by atoms with Crippen LogP contribution >= 0.6 is 0 Å². The number of rotatable bonds is 5. The normalized spacial score (nSPS) is 26.1. The molecular weight excluding hydrogens is 390 g/mol. The second-order valence-corrected chi connectivity index (χ2v) is 9.53. The summed E-state index contributed by atoms with van der Waals surface area (Å²) < 4.78 is 5.46.